The van der Waals surface area contributed by atoms with E-state index in [9.17, 15) is 18.3 Å². The zero-order valence-electron chi connectivity index (χ0n) is 18.9. The fourth-order valence-corrected chi connectivity index (χ4v) is 4.06. The summed E-state index contributed by atoms with van der Waals surface area (Å²) in [4.78, 5) is 0. The molecule has 6 heteroatoms. The highest BCUT2D eigenvalue weighted by Gasteiger charge is 2.24. The Balaban J connectivity index is 1.51. The number of allylic oxidation sites excluding steroid dienone is 1. The fraction of sp³-hybridized carbons (Fsp3) is 0.286. The van der Waals surface area contributed by atoms with Gasteiger partial charge in [0, 0.05) is 11.5 Å². The van der Waals surface area contributed by atoms with Crippen molar-refractivity contribution in [3.05, 3.63) is 90.0 Å². The number of aliphatic hydroxyl groups is 1. The topological polar surface area (TPSA) is 38.7 Å². The number of unbranched alkanes of at least 4 members (excludes halogenated alkanes) is 1. The number of ether oxygens (including phenoxy) is 2. The van der Waals surface area contributed by atoms with E-state index in [1.807, 2.05) is 13.0 Å². The van der Waals surface area contributed by atoms with Crippen molar-refractivity contribution in [1.82, 2.24) is 0 Å². The number of hydrogen-bond donors (Lipinski definition) is 1. The molecule has 2 unspecified atom stereocenters. The van der Waals surface area contributed by atoms with Crippen LogP contribution in [0.15, 0.2) is 66.9 Å². The third-order valence-corrected chi connectivity index (χ3v) is 6.01. The van der Waals surface area contributed by atoms with Crippen LogP contribution in [0, 0.1) is 17.5 Å². The molecule has 178 valence electrons. The molecule has 1 heterocycles. The molecular formula is C28H27F3O3. The maximum absolute atomic E-state index is 14.8. The maximum Gasteiger partial charge on any atom is 0.201 e. The highest BCUT2D eigenvalue weighted by molar-refractivity contribution is 5.71. The van der Waals surface area contributed by atoms with Crippen LogP contribution in [0.5, 0.6) is 5.75 Å². The van der Waals surface area contributed by atoms with Gasteiger partial charge in [0.1, 0.15) is 5.82 Å². The first-order valence-corrected chi connectivity index (χ1v) is 11.5. The second-order valence-corrected chi connectivity index (χ2v) is 8.39. The molecule has 3 nitrogen and oxygen atoms in total. The van der Waals surface area contributed by atoms with Gasteiger partial charge in [-0.1, -0.05) is 49.7 Å². The summed E-state index contributed by atoms with van der Waals surface area (Å²) < 4.78 is 54.4. The summed E-state index contributed by atoms with van der Waals surface area (Å²) >= 11 is 0. The van der Waals surface area contributed by atoms with E-state index >= 15 is 0 Å². The molecular weight excluding hydrogens is 441 g/mol. The third-order valence-electron chi connectivity index (χ3n) is 6.01. The van der Waals surface area contributed by atoms with Gasteiger partial charge < -0.3 is 14.6 Å². The van der Waals surface area contributed by atoms with Crippen LogP contribution in [-0.4, -0.2) is 18.0 Å². The minimum atomic E-state index is -1.04. The van der Waals surface area contributed by atoms with Crippen molar-refractivity contribution in [3.8, 4) is 28.0 Å². The van der Waals surface area contributed by atoms with E-state index in [1.54, 1.807) is 36.4 Å². The summed E-state index contributed by atoms with van der Waals surface area (Å²) in [5.74, 6) is -2.61. The Morgan fingerprint density at radius 3 is 2.35 bits per heavy atom. The highest BCUT2D eigenvalue weighted by Crippen LogP contribution is 2.34. The van der Waals surface area contributed by atoms with Gasteiger partial charge in [0.05, 0.1) is 12.9 Å². The molecule has 0 radical (unpaired) electrons. The van der Waals surface area contributed by atoms with Gasteiger partial charge in [0.25, 0.3) is 0 Å². The first-order valence-electron chi connectivity index (χ1n) is 11.5. The molecule has 0 saturated carbocycles. The van der Waals surface area contributed by atoms with Gasteiger partial charge in [0.15, 0.2) is 17.9 Å². The van der Waals surface area contributed by atoms with E-state index in [4.69, 9.17) is 9.47 Å². The van der Waals surface area contributed by atoms with Gasteiger partial charge in [-0.25, -0.2) is 8.78 Å². The Morgan fingerprint density at radius 1 is 0.941 bits per heavy atom. The molecule has 1 fully saturated rings. The van der Waals surface area contributed by atoms with Crippen molar-refractivity contribution >= 4 is 0 Å². The average Bonchev–Trinajstić information content (AvgIpc) is 2.85. The van der Waals surface area contributed by atoms with Crippen molar-refractivity contribution < 1.29 is 27.8 Å². The summed E-state index contributed by atoms with van der Waals surface area (Å²) in [5.41, 5.74) is 2.63. The fourth-order valence-electron chi connectivity index (χ4n) is 4.06. The summed E-state index contributed by atoms with van der Waals surface area (Å²) in [7, 11) is 0. The molecule has 1 aliphatic rings. The van der Waals surface area contributed by atoms with Crippen molar-refractivity contribution in [1.29, 1.82) is 0 Å². The monoisotopic (exact) mass is 468 g/mol. The SMILES string of the molecule is CCC/C=C\Oc1ccc(-c2ccc(-c3ccc(C4CCC(O)OC4)c(F)c3)cc2)c(F)c1F. The van der Waals surface area contributed by atoms with Gasteiger partial charge >= 0.3 is 0 Å². The van der Waals surface area contributed by atoms with Crippen molar-refractivity contribution in [2.24, 2.45) is 0 Å². The van der Waals surface area contributed by atoms with Crippen LogP contribution < -0.4 is 4.74 Å². The Morgan fingerprint density at radius 2 is 1.68 bits per heavy atom. The van der Waals surface area contributed by atoms with Crippen LogP contribution in [0.25, 0.3) is 22.3 Å². The first kappa shape index (κ1) is 24.0. The number of rotatable bonds is 7. The van der Waals surface area contributed by atoms with E-state index in [-0.39, 0.29) is 29.7 Å². The van der Waals surface area contributed by atoms with E-state index < -0.39 is 17.9 Å². The highest BCUT2D eigenvalue weighted by atomic mass is 19.2. The summed E-state index contributed by atoms with van der Waals surface area (Å²) in [6.07, 6.45) is 5.21. The van der Waals surface area contributed by atoms with Crippen LogP contribution >= 0.6 is 0 Å². The normalized spacial score (nSPS) is 18.4. The van der Waals surface area contributed by atoms with Gasteiger partial charge in [0.2, 0.25) is 5.82 Å². The van der Waals surface area contributed by atoms with Crippen LogP contribution in [0.1, 0.15) is 44.1 Å². The smallest absolute Gasteiger partial charge is 0.201 e. The number of hydrogen-bond acceptors (Lipinski definition) is 3. The Kier molecular flexibility index (Phi) is 7.70. The predicted molar refractivity (Wildman–Crippen MR) is 126 cm³/mol. The van der Waals surface area contributed by atoms with Crippen molar-refractivity contribution in [3.63, 3.8) is 0 Å². The lowest BCUT2D eigenvalue weighted by atomic mass is 9.91. The first-order chi connectivity index (χ1) is 16.5. The van der Waals surface area contributed by atoms with E-state index in [2.05, 4.69) is 0 Å². The molecule has 0 amide bonds. The second-order valence-electron chi connectivity index (χ2n) is 8.39. The molecule has 1 aliphatic heterocycles. The van der Waals surface area contributed by atoms with E-state index in [0.29, 0.717) is 29.5 Å². The van der Waals surface area contributed by atoms with Crippen LogP contribution in [-0.2, 0) is 4.74 Å². The minimum absolute atomic E-state index is 0.0909. The standard InChI is InChI=1S/C28H27F3O3/c1-2-3-4-15-33-25-13-12-23(27(30)28(25)31)19-7-5-18(6-8-19)20-9-11-22(24(29)16-20)21-10-14-26(32)34-17-21/h4-9,11-13,15-16,21,26,32H,2-3,10,14,17H2,1H3/b15-4-. The van der Waals surface area contributed by atoms with Crippen LogP contribution in [0.2, 0.25) is 0 Å². The van der Waals surface area contributed by atoms with Gasteiger partial charge in [-0.05, 0) is 65.8 Å². The molecule has 4 rings (SSSR count). The number of benzene rings is 3. The quantitative estimate of drug-likeness (QED) is 0.369. The predicted octanol–water partition coefficient (Wildman–Crippen LogP) is 7.34. The molecule has 1 N–H and O–H groups in total. The summed E-state index contributed by atoms with van der Waals surface area (Å²) in [6.45, 7) is 2.29. The molecule has 3 aromatic rings. The summed E-state index contributed by atoms with van der Waals surface area (Å²) in [6, 6.07) is 14.8. The minimum Gasteiger partial charge on any atom is -0.462 e. The van der Waals surface area contributed by atoms with Gasteiger partial charge in [-0.3, -0.25) is 0 Å². The van der Waals surface area contributed by atoms with Crippen LogP contribution in [0.3, 0.4) is 0 Å². The maximum atomic E-state index is 14.8. The molecule has 1 saturated heterocycles. The second kappa shape index (κ2) is 10.9. The summed E-state index contributed by atoms with van der Waals surface area (Å²) in [5, 5.41) is 9.47. The van der Waals surface area contributed by atoms with Gasteiger partial charge in [-0.15, -0.1) is 0 Å². The molecule has 0 spiro atoms. The van der Waals surface area contributed by atoms with Crippen molar-refractivity contribution in [2.45, 2.75) is 44.8 Å². The molecule has 3 aromatic carbocycles. The largest absolute Gasteiger partial charge is 0.462 e. The lowest BCUT2D eigenvalue weighted by molar-refractivity contribution is -0.130. The van der Waals surface area contributed by atoms with E-state index in [1.165, 1.54) is 24.5 Å². The Hall–Kier alpha value is -3.09. The molecule has 0 aromatic heterocycles. The lowest BCUT2D eigenvalue weighted by Crippen LogP contribution is -2.24. The number of halogens is 3. The molecule has 34 heavy (non-hydrogen) atoms. The van der Waals surface area contributed by atoms with Crippen LogP contribution in [0.4, 0.5) is 13.2 Å². The zero-order chi connectivity index (χ0) is 24.1. The average molecular weight is 469 g/mol. The van der Waals surface area contributed by atoms with Gasteiger partial charge in [-0.2, -0.15) is 4.39 Å². The zero-order valence-corrected chi connectivity index (χ0v) is 18.9. The van der Waals surface area contributed by atoms with E-state index in [0.717, 1.165) is 18.4 Å². The third kappa shape index (κ3) is 5.34. The molecule has 2 atom stereocenters. The Bertz CT molecular complexity index is 1150. The lowest BCUT2D eigenvalue weighted by Gasteiger charge is -2.26. The number of aliphatic hydroxyl groups excluding tert-OH is 1. The molecule has 0 bridgehead atoms. The Labute approximate surface area is 197 Å². The molecule has 0 aliphatic carbocycles. The van der Waals surface area contributed by atoms with Crippen molar-refractivity contribution in [2.75, 3.05) is 6.61 Å².